The summed E-state index contributed by atoms with van der Waals surface area (Å²) in [5, 5.41) is 17.7. The van der Waals surface area contributed by atoms with Gasteiger partial charge in [-0.3, -0.25) is 0 Å². The number of ether oxygens (including phenoxy) is 1. The number of para-hydroxylation sites is 1. The Morgan fingerprint density at radius 1 is 1.23 bits per heavy atom. The molecule has 0 atom stereocenters. The quantitative estimate of drug-likeness (QED) is 0.725. The van der Waals surface area contributed by atoms with Gasteiger partial charge in [-0.2, -0.15) is 0 Å². The first-order valence-electron chi connectivity index (χ1n) is 4.04. The molecule has 0 radical (unpaired) electrons. The van der Waals surface area contributed by atoms with Gasteiger partial charge in [0.2, 0.25) is 0 Å². The van der Waals surface area contributed by atoms with Crippen LogP contribution in [0.4, 0.5) is 0 Å². The number of hydrogen-bond acceptors (Lipinski definition) is 3. The lowest BCUT2D eigenvalue weighted by molar-refractivity contribution is 0.277. The second-order valence-electron chi connectivity index (χ2n) is 2.51. The van der Waals surface area contributed by atoms with E-state index >= 15 is 0 Å². The van der Waals surface area contributed by atoms with Crippen molar-refractivity contribution in [2.75, 3.05) is 20.8 Å². The Hall–Kier alpha value is -1.06. The molecule has 0 aliphatic heterocycles. The number of aliphatic hydroxyl groups is 1. The smallest absolute Gasteiger partial charge is 0.118 e. The van der Waals surface area contributed by atoms with Crippen molar-refractivity contribution in [1.82, 2.24) is 0 Å². The number of phenolic OH excluding ortho intramolecular Hbond substituents is 1. The van der Waals surface area contributed by atoms with Crippen molar-refractivity contribution in [3.8, 4) is 5.75 Å². The zero-order valence-corrected chi connectivity index (χ0v) is 8.03. The maximum atomic E-state index is 9.13. The van der Waals surface area contributed by atoms with E-state index in [1.54, 1.807) is 32.4 Å². The van der Waals surface area contributed by atoms with Gasteiger partial charge in [0.05, 0.1) is 0 Å². The Morgan fingerprint density at radius 2 is 1.77 bits per heavy atom. The number of benzene rings is 1. The van der Waals surface area contributed by atoms with Crippen LogP contribution >= 0.6 is 0 Å². The van der Waals surface area contributed by atoms with Crippen molar-refractivity contribution in [2.45, 2.75) is 6.42 Å². The predicted molar refractivity (Wildman–Crippen MR) is 51.8 cm³/mol. The molecule has 0 saturated heterocycles. The van der Waals surface area contributed by atoms with Crippen LogP contribution in [0.25, 0.3) is 0 Å². The first-order chi connectivity index (χ1) is 6.26. The number of phenols is 1. The molecule has 0 amide bonds. The molecule has 1 aromatic rings. The molecule has 0 heterocycles. The number of aliphatic hydroxyl groups excluding tert-OH is 1. The highest BCUT2D eigenvalue weighted by molar-refractivity contribution is 5.31. The Bertz CT molecular complexity index is 223. The molecular weight excluding hydrogens is 168 g/mol. The lowest BCUT2D eigenvalue weighted by atomic mass is 10.1. The maximum absolute atomic E-state index is 9.13. The highest BCUT2D eigenvalue weighted by Crippen LogP contribution is 2.15. The van der Waals surface area contributed by atoms with E-state index in [0.717, 1.165) is 5.56 Å². The third-order valence-corrected chi connectivity index (χ3v) is 1.37. The van der Waals surface area contributed by atoms with E-state index in [4.69, 9.17) is 10.2 Å². The molecule has 13 heavy (non-hydrogen) atoms. The fraction of sp³-hybridized carbons (Fsp3) is 0.400. The van der Waals surface area contributed by atoms with Crippen molar-refractivity contribution in [3.05, 3.63) is 29.8 Å². The monoisotopic (exact) mass is 184 g/mol. The molecule has 0 spiro atoms. The van der Waals surface area contributed by atoms with Crippen molar-refractivity contribution < 1.29 is 14.9 Å². The fourth-order valence-corrected chi connectivity index (χ4v) is 0.843. The molecule has 0 aromatic heterocycles. The van der Waals surface area contributed by atoms with Crippen LogP contribution in [-0.2, 0) is 11.2 Å². The van der Waals surface area contributed by atoms with E-state index in [1.807, 2.05) is 6.07 Å². The van der Waals surface area contributed by atoms with Gasteiger partial charge in [0.15, 0.2) is 0 Å². The van der Waals surface area contributed by atoms with Gasteiger partial charge in [0, 0.05) is 20.8 Å². The van der Waals surface area contributed by atoms with Gasteiger partial charge in [-0.05, 0) is 18.1 Å². The fourth-order valence-electron chi connectivity index (χ4n) is 0.843. The Labute approximate surface area is 78.6 Å². The van der Waals surface area contributed by atoms with Gasteiger partial charge < -0.3 is 14.9 Å². The van der Waals surface area contributed by atoms with Crippen molar-refractivity contribution >= 4 is 0 Å². The van der Waals surface area contributed by atoms with Crippen LogP contribution in [0, 0.1) is 0 Å². The highest BCUT2D eigenvalue weighted by Gasteiger charge is 1.95. The molecule has 0 fully saturated rings. The lowest BCUT2D eigenvalue weighted by Gasteiger charge is -1.99. The van der Waals surface area contributed by atoms with E-state index < -0.39 is 0 Å². The predicted octanol–water partition coefficient (Wildman–Crippen LogP) is 1.19. The summed E-state index contributed by atoms with van der Waals surface area (Å²) in [6.45, 7) is 0.0809. The molecule has 0 bridgehead atoms. The number of methoxy groups -OCH3 is 1. The zero-order valence-electron chi connectivity index (χ0n) is 8.03. The van der Waals surface area contributed by atoms with Crippen molar-refractivity contribution in [2.24, 2.45) is 0 Å². The van der Waals surface area contributed by atoms with Gasteiger partial charge in [-0.1, -0.05) is 18.2 Å². The molecule has 1 aromatic carbocycles. The van der Waals surface area contributed by atoms with Crippen LogP contribution in [0.1, 0.15) is 5.56 Å². The van der Waals surface area contributed by atoms with Crippen LogP contribution in [0.3, 0.4) is 0 Å². The summed E-state index contributed by atoms with van der Waals surface area (Å²) in [6, 6.07) is 7.01. The van der Waals surface area contributed by atoms with Crippen LogP contribution in [-0.4, -0.2) is 31.0 Å². The standard InChI is InChI=1S/C8H10O2.C2H6O/c9-6-5-7-3-1-2-4-8(7)10;1-3-2/h1-4,9-10H,5-6H2;1-2H3. The maximum Gasteiger partial charge on any atom is 0.118 e. The number of aromatic hydroxyl groups is 1. The topological polar surface area (TPSA) is 49.7 Å². The van der Waals surface area contributed by atoms with E-state index in [2.05, 4.69) is 4.74 Å². The Kier molecular flexibility index (Phi) is 6.96. The summed E-state index contributed by atoms with van der Waals surface area (Å²) in [5.74, 6) is 0.261. The minimum atomic E-state index is 0.0809. The summed E-state index contributed by atoms with van der Waals surface area (Å²) in [5.41, 5.74) is 0.796. The average Bonchev–Trinajstić information content (AvgIpc) is 2.11. The largest absolute Gasteiger partial charge is 0.508 e. The second-order valence-corrected chi connectivity index (χ2v) is 2.51. The highest BCUT2D eigenvalue weighted by atomic mass is 16.4. The summed E-state index contributed by atoms with van der Waals surface area (Å²) >= 11 is 0. The molecule has 0 saturated carbocycles. The van der Waals surface area contributed by atoms with Gasteiger partial charge in [-0.25, -0.2) is 0 Å². The summed E-state index contributed by atoms with van der Waals surface area (Å²) < 4.78 is 4.25. The first kappa shape index (κ1) is 11.9. The lowest BCUT2D eigenvalue weighted by Crippen LogP contribution is -1.89. The summed E-state index contributed by atoms with van der Waals surface area (Å²) in [7, 11) is 3.25. The average molecular weight is 184 g/mol. The Balaban J connectivity index is 0.000000424. The van der Waals surface area contributed by atoms with Crippen LogP contribution < -0.4 is 0 Å². The SMILES string of the molecule is COC.OCCc1ccccc1O. The van der Waals surface area contributed by atoms with Crippen LogP contribution in [0.5, 0.6) is 5.75 Å². The first-order valence-corrected chi connectivity index (χ1v) is 4.04. The minimum absolute atomic E-state index is 0.0809. The molecule has 2 N–H and O–H groups in total. The summed E-state index contributed by atoms with van der Waals surface area (Å²) in [6.07, 6.45) is 0.521. The van der Waals surface area contributed by atoms with E-state index in [1.165, 1.54) is 0 Å². The van der Waals surface area contributed by atoms with E-state index in [0.29, 0.717) is 6.42 Å². The minimum Gasteiger partial charge on any atom is -0.508 e. The van der Waals surface area contributed by atoms with Gasteiger partial charge >= 0.3 is 0 Å². The zero-order chi connectivity index (χ0) is 10.1. The number of hydrogen-bond donors (Lipinski definition) is 2. The van der Waals surface area contributed by atoms with Crippen LogP contribution in [0.15, 0.2) is 24.3 Å². The van der Waals surface area contributed by atoms with Gasteiger partial charge in [-0.15, -0.1) is 0 Å². The van der Waals surface area contributed by atoms with Gasteiger partial charge in [0.25, 0.3) is 0 Å². The molecule has 74 valence electrons. The third-order valence-electron chi connectivity index (χ3n) is 1.37. The summed E-state index contributed by atoms with van der Waals surface area (Å²) in [4.78, 5) is 0. The molecular formula is C10H16O3. The van der Waals surface area contributed by atoms with E-state index in [9.17, 15) is 0 Å². The van der Waals surface area contributed by atoms with Crippen molar-refractivity contribution in [3.63, 3.8) is 0 Å². The van der Waals surface area contributed by atoms with E-state index in [-0.39, 0.29) is 12.4 Å². The second kappa shape index (κ2) is 7.58. The number of rotatable bonds is 2. The third kappa shape index (κ3) is 5.22. The normalized spacial score (nSPS) is 8.85. The van der Waals surface area contributed by atoms with Crippen LogP contribution in [0.2, 0.25) is 0 Å². The molecule has 1 rings (SSSR count). The molecule has 0 unspecified atom stereocenters. The molecule has 3 heteroatoms. The molecule has 0 aliphatic carbocycles. The Morgan fingerprint density at radius 3 is 2.23 bits per heavy atom. The van der Waals surface area contributed by atoms with Gasteiger partial charge in [0.1, 0.15) is 5.75 Å². The van der Waals surface area contributed by atoms with Crippen molar-refractivity contribution in [1.29, 1.82) is 0 Å². The molecule has 3 nitrogen and oxygen atoms in total. The molecule has 0 aliphatic rings.